The summed E-state index contributed by atoms with van der Waals surface area (Å²) >= 11 is 0. The number of aliphatic hydroxyl groups is 1. The Morgan fingerprint density at radius 1 is 1.44 bits per heavy atom. The van der Waals surface area contributed by atoms with Crippen LogP contribution in [0.1, 0.15) is 26.2 Å². The van der Waals surface area contributed by atoms with Crippen LogP contribution in [0.5, 0.6) is 0 Å². The van der Waals surface area contributed by atoms with Gasteiger partial charge in [-0.05, 0) is 32.1 Å². The summed E-state index contributed by atoms with van der Waals surface area (Å²) in [5.74, 6) is 0.796. The summed E-state index contributed by atoms with van der Waals surface area (Å²) in [7, 11) is 0. The number of ether oxygens (including phenoxy) is 1. The molecule has 0 amide bonds. The van der Waals surface area contributed by atoms with Gasteiger partial charge in [-0.15, -0.1) is 0 Å². The first-order valence-corrected chi connectivity index (χ1v) is 6.41. The molecule has 2 aliphatic rings. The number of hydrogen-bond donors (Lipinski definition) is 1. The number of hydrogen-bond acceptors (Lipinski definition) is 3. The van der Waals surface area contributed by atoms with Gasteiger partial charge in [-0.2, -0.15) is 0 Å². The van der Waals surface area contributed by atoms with Gasteiger partial charge < -0.3 is 9.84 Å². The molecule has 1 N–H and O–H groups in total. The molecule has 1 aliphatic heterocycles. The van der Waals surface area contributed by atoms with Crippen LogP contribution < -0.4 is 0 Å². The number of nitrogens with zero attached hydrogens (tertiary/aromatic N) is 1. The van der Waals surface area contributed by atoms with Crippen LogP contribution in [-0.2, 0) is 4.74 Å². The molecule has 1 saturated heterocycles. The number of allylic oxidation sites excluding steroid dienone is 2. The van der Waals surface area contributed by atoms with E-state index < -0.39 is 0 Å². The third kappa shape index (κ3) is 3.06. The lowest BCUT2D eigenvalue weighted by Crippen LogP contribution is -2.50. The maximum Gasteiger partial charge on any atom is 0.0933 e. The molecule has 0 aromatic carbocycles. The summed E-state index contributed by atoms with van der Waals surface area (Å²) < 4.78 is 5.55. The second-order valence-electron chi connectivity index (χ2n) is 5.09. The molecule has 3 unspecified atom stereocenters. The summed E-state index contributed by atoms with van der Waals surface area (Å²) in [6.45, 7) is 5.16. The molecule has 1 fully saturated rings. The van der Waals surface area contributed by atoms with Crippen LogP contribution in [0.3, 0.4) is 0 Å². The number of morpholine rings is 1. The molecule has 3 atom stereocenters. The summed E-state index contributed by atoms with van der Waals surface area (Å²) in [6, 6.07) is 0.494. The zero-order chi connectivity index (χ0) is 11.4. The largest absolute Gasteiger partial charge is 0.394 e. The van der Waals surface area contributed by atoms with Gasteiger partial charge in [0.15, 0.2) is 0 Å². The van der Waals surface area contributed by atoms with E-state index >= 15 is 0 Å². The van der Waals surface area contributed by atoms with Crippen molar-refractivity contribution in [2.24, 2.45) is 5.92 Å². The molecular formula is C13H23NO2. The summed E-state index contributed by atoms with van der Waals surface area (Å²) in [5.41, 5.74) is 0. The van der Waals surface area contributed by atoms with Crippen molar-refractivity contribution in [1.29, 1.82) is 0 Å². The Morgan fingerprint density at radius 3 is 3.00 bits per heavy atom. The van der Waals surface area contributed by atoms with Crippen LogP contribution >= 0.6 is 0 Å². The van der Waals surface area contributed by atoms with Crippen LogP contribution in [-0.4, -0.2) is 48.5 Å². The van der Waals surface area contributed by atoms with Crippen LogP contribution in [0.2, 0.25) is 0 Å². The Hall–Kier alpha value is -0.380. The predicted molar refractivity (Wildman–Crippen MR) is 64.3 cm³/mol. The first kappa shape index (κ1) is 12.1. The predicted octanol–water partition coefficient (Wildman–Crippen LogP) is 1.42. The van der Waals surface area contributed by atoms with Gasteiger partial charge in [-0.3, -0.25) is 4.90 Å². The molecule has 3 heteroatoms. The molecule has 0 bridgehead atoms. The van der Waals surface area contributed by atoms with Crippen LogP contribution in [0.25, 0.3) is 0 Å². The Bertz CT molecular complexity index is 242. The monoisotopic (exact) mass is 225 g/mol. The van der Waals surface area contributed by atoms with Gasteiger partial charge in [-0.25, -0.2) is 0 Å². The lowest BCUT2D eigenvalue weighted by molar-refractivity contribution is -0.0816. The van der Waals surface area contributed by atoms with Gasteiger partial charge >= 0.3 is 0 Å². The fourth-order valence-electron chi connectivity index (χ4n) is 2.59. The topological polar surface area (TPSA) is 32.7 Å². The van der Waals surface area contributed by atoms with Crippen molar-refractivity contribution in [2.75, 3.05) is 26.3 Å². The maximum atomic E-state index is 9.14. The molecule has 2 rings (SSSR count). The van der Waals surface area contributed by atoms with Crippen molar-refractivity contribution in [1.82, 2.24) is 4.90 Å². The van der Waals surface area contributed by atoms with E-state index in [2.05, 4.69) is 24.0 Å². The van der Waals surface area contributed by atoms with Gasteiger partial charge in [-0.1, -0.05) is 12.2 Å². The quantitative estimate of drug-likeness (QED) is 0.737. The summed E-state index contributed by atoms with van der Waals surface area (Å²) in [6.07, 6.45) is 8.37. The van der Waals surface area contributed by atoms with Crippen molar-refractivity contribution < 1.29 is 9.84 Å². The van der Waals surface area contributed by atoms with E-state index in [1.54, 1.807) is 0 Å². The Labute approximate surface area is 98.1 Å². The average Bonchev–Trinajstić information content (AvgIpc) is 2.33. The smallest absolute Gasteiger partial charge is 0.0933 e. The highest BCUT2D eigenvalue weighted by Crippen LogP contribution is 2.22. The van der Waals surface area contributed by atoms with Crippen molar-refractivity contribution in [2.45, 2.75) is 38.3 Å². The van der Waals surface area contributed by atoms with E-state index in [1.165, 1.54) is 19.3 Å². The second kappa shape index (κ2) is 5.80. The molecule has 1 heterocycles. The van der Waals surface area contributed by atoms with E-state index in [0.29, 0.717) is 6.04 Å². The van der Waals surface area contributed by atoms with Crippen molar-refractivity contribution in [3.63, 3.8) is 0 Å². The van der Waals surface area contributed by atoms with Gasteiger partial charge in [0.05, 0.1) is 19.3 Å². The van der Waals surface area contributed by atoms with Gasteiger partial charge in [0, 0.05) is 19.1 Å². The minimum atomic E-state index is 0.0235. The SMILES string of the molecule is CC1COC(CO)CN1CC1CC=CCC1. The fourth-order valence-corrected chi connectivity index (χ4v) is 2.59. The second-order valence-corrected chi connectivity index (χ2v) is 5.09. The molecule has 16 heavy (non-hydrogen) atoms. The Kier molecular flexibility index (Phi) is 4.38. The third-order valence-electron chi connectivity index (χ3n) is 3.71. The van der Waals surface area contributed by atoms with Crippen molar-refractivity contribution in [3.8, 4) is 0 Å². The van der Waals surface area contributed by atoms with E-state index in [1.807, 2.05) is 0 Å². The molecule has 0 radical (unpaired) electrons. The summed E-state index contributed by atoms with van der Waals surface area (Å²) in [5, 5.41) is 9.14. The highest BCUT2D eigenvalue weighted by Gasteiger charge is 2.27. The first-order valence-electron chi connectivity index (χ1n) is 6.41. The molecule has 1 aliphatic carbocycles. The molecule has 0 aromatic heterocycles. The maximum absolute atomic E-state index is 9.14. The first-order chi connectivity index (χ1) is 7.79. The molecule has 0 spiro atoms. The highest BCUT2D eigenvalue weighted by atomic mass is 16.5. The molecule has 3 nitrogen and oxygen atoms in total. The van der Waals surface area contributed by atoms with E-state index in [9.17, 15) is 0 Å². The number of rotatable bonds is 3. The van der Waals surface area contributed by atoms with Gasteiger partial charge in [0.25, 0.3) is 0 Å². The van der Waals surface area contributed by atoms with Gasteiger partial charge in [0.1, 0.15) is 0 Å². The molecule has 92 valence electrons. The molecular weight excluding hydrogens is 202 g/mol. The Morgan fingerprint density at radius 2 is 2.31 bits per heavy atom. The third-order valence-corrected chi connectivity index (χ3v) is 3.71. The standard InChI is InChI=1S/C13H23NO2/c1-11-10-16-13(9-15)8-14(11)7-12-5-3-2-4-6-12/h2-3,11-13,15H,4-10H2,1H3. The number of aliphatic hydroxyl groups excluding tert-OH is 1. The fraction of sp³-hybridized carbons (Fsp3) is 0.846. The van der Waals surface area contributed by atoms with Crippen molar-refractivity contribution >= 4 is 0 Å². The summed E-state index contributed by atoms with van der Waals surface area (Å²) in [4.78, 5) is 2.48. The molecule has 0 aromatic rings. The van der Waals surface area contributed by atoms with Crippen LogP contribution in [0, 0.1) is 5.92 Å². The molecule has 0 saturated carbocycles. The van der Waals surface area contributed by atoms with E-state index in [-0.39, 0.29) is 12.7 Å². The zero-order valence-electron chi connectivity index (χ0n) is 10.1. The minimum absolute atomic E-state index is 0.0235. The van der Waals surface area contributed by atoms with Gasteiger partial charge in [0.2, 0.25) is 0 Å². The van der Waals surface area contributed by atoms with Crippen LogP contribution in [0.15, 0.2) is 12.2 Å². The Balaban J connectivity index is 1.84. The van der Waals surface area contributed by atoms with Crippen LogP contribution in [0.4, 0.5) is 0 Å². The zero-order valence-corrected chi connectivity index (χ0v) is 10.1. The van der Waals surface area contributed by atoms with E-state index in [0.717, 1.165) is 25.6 Å². The average molecular weight is 225 g/mol. The normalized spacial score (nSPS) is 36.5. The lowest BCUT2D eigenvalue weighted by Gasteiger charge is -2.39. The van der Waals surface area contributed by atoms with Crippen molar-refractivity contribution in [3.05, 3.63) is 12.2 Å². The lowest BCUT2D eigenvalue weighted by atomic mass is 9.93. The highest BCUT2D eigenvalue weighted by molar-refractivity contribution is 4.91. The minimum Gasteiger partial charge on any atom is -0.394 e. The van der Waals surface area contributed by atoms with E-state index in [4.69, 9.17) is 9.84 Å².